The molecule has 0 aromatic heterocycles. The molecule has 8 heteroatoms. The SMILES string of the molecule is CN=C(NCc1cccc(OCCCOC)c1)N1CCN(C(C)C(=O)N2CCCC2)CC1. The van der Waals surface area contributed by atoms with Crippen LogP contribution in [0.2, 0.25) is 0 Å². The number of hydrogen-bond donors (Lipinski definition) is 1. The van der Waals surface area contributed by atoms with Crippen molar-refractivity contribution >= 4 is 11.9 Å². The number of carbonyl (C=O) groups is 1. The number of nitrogens with one attached hydrogen (secondary N) is 1. The number of piperazine rings is 1. The van der Waals surface area contributed by atoms with E-state index in [9.17, 15) is 4.79 Å². The second kappa shape index (κ2) is 12.6. The molecule has 3 rings (SSSR count). The molecular formula is C24H39N5O3. The molecule has 2 aliphatic heterocycles. The van der Waals surface area contributed by atoms with Crippen LogP contribution in [0, 0.1) is 0 Å². The minimum absolute atomic E-state index is 0.0446. The third kappa shape index (κ3) is 6.84. The van der Waals surface area contributed by atoms with Gasteiger partial charge in [0.2, 0.25) is 5.91 Å². The van der Waals surface area contributed by atoms with Gasteiger partial charge in [0.25, 0.3) is 0 Å². The molecule has 2 saturated heterocycles. The highest BCUT2D eigenvalue weighted by Gasteiger charge is 2.30. The van der Waals surface area contributed by atoms with Gasteiger partial charge in [-0.25, -0.2) is 0 Å². The van der Waals surface area contributed by atoms with Gasteiger partial charge >= 0.3 is 0 Å². The maximum atomic E-state index is 12.7. The molecule has 1 N–H and O–H groups in total. The second-order valence-electron chi connectivity index (χ2n) is 8.47. The van der Waals surface area contributed by atoms with Crippen LogP contribution in [0.25, 0.3) is 0 Å². The molecular weight excluding hydrogens is 406 g/mol. The fourth-order valence-corrected chi connectivity index (χ4v) is 4.33. The summed E-state index contributed by atoms with van der Waals surface area (Å²) in [4.78, 5) is 23.8. The molecule has 0 radical (unpaired) electrons. The fraction of sp³-hybridized carbons (Fsp3) is 0.667. The van der Waals surface area contributed by atoms with Crippen molar-refractivity contribution in [2.24, 2.45) is 4.99 Å². The summed E-state index contributed by atoms with van der Waals surface area (Å²) in [5, 5.41) is 3.48. The smallest absolute Gasteiger partial charge is 0.239 e. The zero-order valence-electron chi connectivity index (χ0n) is 19.9. The average molecular weight is 446 g/mol. The number of rotatable bonds is 9. The summed E-state index contributed by atoms with van der Waals surface area (Å²) in [5.41, 5.74) is 1.15. The van der Waals surface area contributed by atoms with E-state index in [0.717, 1.165) is 75.8 Å². The maximum Gasteiger partial charge on any atom is 0.239 e. The molecule has 0 aliphatic carbocycles. The lowest BCUT2D eigenvalue weighted by molar-refractivity contribution is -0.135. The van der Waals surface area contributed by atoms with Crippen LogP contribution in [0.4, 0.5) is 0 Å². The van der Waals surface area contributed by atoms with Crippen LogP contribution in [0.1, 0.15) is 31.7 Å². The number of methoxy groups -OCH3 is 1. The molecule has 2 aliphatic rings. The Morgan fingerprint density at radius 2 is 1.84 bits per heavy atom. The van der Waals surface area contributed by atoms with E-state index in [0.29, 0.717) is 19.8 Å². The van der Waals surface area contributed by atoms with Crippen molar-refractivity contribution in [3.05, 3.63) is 29.8 Å². The standard InChI is InChI=1S/C24H39N5O3/c1-20(23(30)28-10-4-5-11-28)27-12-14-29(15-13-27)24(25-2)26-19-21-8-6-9-22(18-21)32-17-7-16-31-3/h6,8-9,18,20H,4-5,7,10-17,19H2,1-3H3,(H,25,26). The third-order valence-corrected chi connectivity index (χ3v) is 6.26. The van der Waals surface area contributed by atoms with E-state index >= 15 is 0 Å². The van der Waals surface area contributed by atoms with Crippen LogP contribution in [-0.2, 0) is 16.1 Å². The first-order valence-electron chi connectivity index (χ1n) is 11.8. The number of benzene rings is 1. The van der Waals surface area contributed by atoms with Gasteiger partial charge in [-0.05, 0) is 37.5 Å². The third-order valence-electron chi connectivity index (χ3n) is 6.26. The van der Waals surface area contributed by atoms with Gasteiger partial charge in [0.15, 0.2) is 5.96 Å². The van der Waals surface area contributed by atoms with Crippen LogP contribution in [0.15, 0.2) is 29.3 Å². The Hall–Kier alpha value is -2.32. The van der Waals surface area contributed by atoms with Gasteiger partial charge < -0.3 is 24.6 Å². The summed E-state index contributed by atoms with van der Waals surface area (Å²) in [5.74, 6) is 2.05. The minimum Gasteiger partial charge on any atom is -0.493 e. The predicted molar refractivity (Wildman–Crippen MR) is 127 cm³/mol. The van der Waals surface area contributed by atoms with Crippen molar-refractivity contribution in [1.82, 2.24) is 20.0 Å². The molecule has 8 nitrogen and oxygen atoms in total. The number of carbonyl (C=O) groups excluding carboxylic acids is 1. The maximum absolute atomic E-state index is 12.7. The van der Waals surface area contributed by atoms with Crippen molar-refractivity contribution in [3.63, 3.8) is 0 Å². The van der Waals surface area contributed by atoms with Crippen LogP contribution in [0.5, 0.6) is 5.75 Å². The normalized spacial score (nSPS) is 18.7. The first-order chi connectivity index (χ1) is 15.6. The fourth-order valence-electron chi connectivity index (χ4n) is 4.33. The Morgan fingerprint density at radius 1 is 1.09 bits per heavy atom. The molecule has 32 heavy (non-hydrogen) atoms. The molecule has 2 fully saturated rings. The Bertz CT molecular complexity index is 743. The topological polar surface area (TPSA) is 69.6 Å². The molecule has 0 saturated carbocycles. The number of likely N-dealkylation sites (tertiary alicyclic amines) is 1. The lowest BCUT2D eigenvalue weighted by Crippen LogP contribution is -2.57. The second-order valence-corrected chi connectivity index (χ2v) is 8.47. The minimum atomic E-state index is -0.0446. The van der Waals surface area contributed by atoms with Crippen molar-refractivity contribution in [1.29, 1.82) is 0 Å². The van der Waals surface area contributed by atoms with Crippen LogP contribution in [0.3, 0.4) is 0 Å². The van der Waals surface area contributed by atoms with Crippen molar-refractivity contribution in [3.8, 4) is 5.75 Å². The number of amides is 1. The predicted octanol–water partition coefficient (Wildman–Crippen LogP) is 1.81. The monoisotopic (exact) mass is 445 g/mol. The molecule has 1 unspecified atom stereocenters. The molecule has 178 valence electrons. The summed E-state index contributed by atoms with van der Waals surface area (Å²) >= 11 is 0. The van der Waals surface area contributed by atoms with E-state index in [-0.39, 0.29) is 11.9 Å². The molecule has 0 spiro atoms. The Morgan fingerprint density at radius 3 is 2.53 bits per heavy atom. The Kier molecular flexibility index (Phi) is 9.62. The quantitative estimate of drug-likeness (QED) is 0.355. The molecule has 1 aromatic carbocycles. The highest BCUT2D eigenvalue weighted by Crippen LogP contribution is 2.15. The first kappa shape index (κ1) is 24.3. The van der Waals surface area contributed by atoms with E-state index in [4.69, 9.17) is 9.47 Å². The summed E-state index contributed by atoms with van der Waals surface area (Å²) in [6, 6.07) is 8.11. The van der Waals surface area contributed by atoms with Crippen molar-refractivity contribution in [2.45, 2.75) is 38.8 Å². The molecule has 1 amide bonds. The lowest BCUT2D eigenvalue weighted by Gasteiger charge is -2.39. The van der Waals surface area contributed by atoms with Crippen LogP contribution >= 0.6 is 0 Å². The van der Waals surface area contributed by atoms with Gasteiger partial charge in [-0.2, -0.15) is 0 Å². The first-order valence-corrected chi connectivity index (χ1v) is 11.8. The summed E-state index contributed by atoms with van der Waals surface area (Å²) in [7, 11) is 3.53. The highest BCUT2D eigenvalue weighted by atomic mass is 16.5. The van der Waals surface area contributed by atoms with Gasteiger partial charge in [-0.1, -0.05) is 12.1 Å². The molecule has 1 aromatic rings. The zero-order valence-corrected chi connectivity index (χ0v) is 19.9. The van der Waals surface area contributed by atoms with Crippen LogP contribution in [-0.4, -0.2) is 99.2 Å². The number of nitrogens with zero attached hydrogens (tertiary/aromatic N) is 4. The van der Waals surface area contributed by atoms with Gasteiger partial charge in [-0.15, -0.1) is 0 Å². The number of guanidine groups is 1. The summed E-state index contributed by atoms with van der Waals surface area (Å²) in [6.07, 6.45) is 3.15. The van der Waals surface area contributed by atoms with E-state index in [1.54, 1.807) is 7.11 Å². The molecule has 1 atom stereocenters. The van der Waals surface area contributed by atoms with E-state index in [1.807, 2.05) is 31.0 Å². The molecule has 2 heterocycles. The summed E-state index contributed by atoms with van der Waals surface area (Å²) < 4.78 is 10.9. The van der Waals surface area contributed by atoms with Gasteiger partial charge in [-0.3, -0.25) is 14.7 Å². The zero-order chi connectivity index (χ0) is 22.8. The number of ether oxygens (including phenoxy) is 2. The molecule has 0 bridgehead atoms. The average Bonchev–Trinajstić information content (AvgIpc) is 3.37. The van der Waals surface area contributed by atoms with Gasteiger partial charge in [0.05, 0.1) is 12.6 Å². The number of hydrogen-bond acceptors (Lipinski definition) is 5. The van der Waals surface area contributed by atoms with E-state index in [2.05, 4.69) is 32.2 Å². The van der Waals surface area contributed by atoms with Crippen LogP contribution < -0.4 is 10.1 Å². The largest absolute Gasteiger partial charge is 0.493 e. The Balaban J connectivity index is 1.44. The van der Waals surface area contributed by atoms with Gasteiger partial charge in [0, 0.05) is 73.0 Å². The summed E-state index contributed by atoms with van der Waals surface area (Å²) in [6.45, 7) is 9.38. The Labute approximate surface area is 192 Å². The van der Waals surface area contributed by atoms with E-state index < -0.39 is 0 Å². The highest BCUT2D eigenvalue weighted by molar-refractivity contribution is 5.82. The van der Waals surface area contributed by atoms with Crippen molar-refractivity contribution in [2.75, 3.05) is 66.6 Å². The number of aliphatic imine (C=N–C) groups is 1. The van der Waals surface area contributed by atoms with Crippen molar-refractivity contribution < 1.29 is 14.3 Å². The lowest BCUT2D eigenvalue weighted by atomic mass is 10.2. The van der Waals surface area contributed by atoms with Gasteiger partial charge in [0.1, 0.15) is 5.75 Å². The van der Waals surface area contributed by atoms with E-state index in [1.165, 1.54) is 0 Å².